The Kier molecular flexibility index (Phi) is 6.91. The zero-order chi connectivity index (χ0) is 18.4. The Morgan fingerprint density at radius 1 is 1.16 bits per heavy atom. The highest BCUT2D eigenvalue weighted by Crippen LogP contribution is 2.24. The van der Waals surface area contributed by atoms with Crippen molar-refractivity contribution in [3.63, 3.8) is 0 Å². The van der Waals surface area contributed by atoms with Crippen LogP contribution in [0, 0.1) is 20.8 Å². The Hall–Kier alpha value is -1.98. The van der Waals surface area contributed by atoms with Crippen molar-refractivity contribution in [2.24, 2.45) is 0 Å². The molecule has 4 nitrogen and oxygen atoms in total. The Balaban J connectivity index is 1.79. The van der Waals surface area contributed by atoms with Gasteiger partial charge in [0.1, 0.15) is 0 Å². The molecule has 0 aliphatic heterocycles. The molecule has 0 atom stereocenters. The number of carbonyl (C=O) groups excluding carboxylic acids is 2. The van der Waals surface area contributed by atoms with Crippen LogP contribution < -0.4 is 5.32 Å². The van der Waals surface area contributed by atoms with Crippen molar-refractivity contribution in [2.45, 2.75) is 25.7 Å². The predicted molar refractivity (Wildman–Crippen MR) is 102 cm³/mol. The number of halogens is 1. The third kappa shape index (κ3) is 5.80. The van der Waals surface area contributed by atoms with E-state index in [0.29, 0.717) is 10.7 Å². The number of benzene rings is 2. The van der Waals surface area contributed by atoms with E-state index in [2.05, 4.69) is 11.4 Å². The molecular weight excluding hydrogens is 358 g/mol. The zero-order valence-electron chi connectivity index (χ0n) is 14.4. The minimum absolute atomic E-state index is 0.160. The van der Waals surface area contributed by atoms with E-state index in [4.69, 9.17) is 16.3 Å². The first kappa shape index (κ1) is 19.3. The highest BCUT2D eigenvalue weighted by Gasteiger charge is 2.11. The minimum atomic E-state index is -0.428. The molecule has 0 aromatic heterocycles. The van der Waals surface area contributed by atoms with Crippen LogP contribution in [-0.4, -0.2) is 24.2 Å². The first-order valence-corrected chi connectivity index (χ1v) is 9.14. The van der Waals surface area contributed by atoms with Crippen molar-refractivity contribution in [3.8, 4) is 0 Å². The van der Waals surface area contributed by atoms with E-state index in [1.165, 1.54) is 17.3 Å². The fourth-order valence-corrected chi connectivity index (χ4v) is 3.20. The van der Waals surface area contributed by atoms with E-state index in [0.717, 1.165) is 16.0 Å². The minimum Gasteiger partial charge on any atom is -0.455 e. The van der Waals surface area contributed by atoms with Crippen molar-refractivity contribution in [1.82, 2.24) is 0 Å². The van der Waals surface area contributed by atoms with Crippen LogP contribution in [0.3, 0.4) is 0 Å². The summed E-state index contributed by atoms with van der Waals surface area (Å²) in [6.07, 6.45) is 0. The molecule has 2 aromatic carbocycles. The van der Waals surface area contributed by atoms with Gasteiger partial charge in [0.15, 0.2) is 6.61 Å². The maximum absolute atomic E-state index is 11.9. The molecule has 2 rings (SSSR count). The first-order valence-electron chi connectivity index (χ1n) is 7.77. The molecule has 2 aromatic rings. The van der Waals surface area contributed by atoms with E-state index in [1.54, 1.807) is 18.2 Å². The third-order valence-electron chi connectivity index (χ3n) is 3.58. The summed E-state index contributed by atoms with van der Waals surface area (Å²) in [6.45, 7) is 5.51. The van der Waals surface area contributed by atoms with Crippen LogP contribution in [0.1, 0.15) is 16.7 Å². The lowest BCUT2D eigenvalue weighted by Gasteiger charge is -2.10. The van der Waals surface area contributed by atoms with Crippen LogP contribution >= 0.6 is 23.4 Å². The summed E-state index contributed by atoms with van der Waals surface area (Å²) >= 11 is 7.41. The van der Waals surface area contributed by atoms with Crippen molar-refractivity contribution in [1.29, 1.82) is 0 Å². The molecule has 1 amide bonds. The fraction of sp³-hybridized carbons (Fsp3) is 0.263. The number of nitrogens with one attached hydrogen (secondary N) is 1. The van der Waals surface area contributed by atoms with E-state index in [1.807, 2.05) is 32.9 Å². The van der Waals surface area contributed by atoms with Crippen LogP contribution in [-0.2, 0) is 14.3 Å². The Morgan fingerprint density at radius 2 is 1.92 bits per heavy atom. The van der Waals surface area contributed by atoms with E-state index < -0.39 is 11.9 Å². The number of rotatable bonds is 6. The van der Waals surface area contributed by atoms with E-state index >= 15 is 0 Å². The lowest BCUT2D eigenvalue weighted by Crippen LogP contribution is -2.22. The SMILES string of the molecule is Cc1ccc(SCC(=O)OCC(=O)Nc2cccc(Cl)c2C)c(C)c1. The van der Waals surface area contributed by atoms with Gasteiger partial charge in [-0.1, -0.05) is 35.4 Å². The smallest absolute Gasteiger partial charge is 0.316 e. The van der Waals surface area contributed by atoms with Gasteiger partial charge >= 0.3 is 5.97 Å². The number of ether oxygens (including phenoxy) is 1. The van der Waals surface area contributed by atoms with Crippen LogP contribution in [0.25, 0.3) is 0 Å². The number of anilines is 1. The Morgan fingerprint density at radius 3 is 2.64 bits per heavy atom. The van der Waals surface area contributed by atoms with Crippen LogP contribution in [0.15, 0.2) is 41.3 Å². The standard InChI is InChI=1S/C19H20ClNO3S/c1-12-7-8-17(13(2)9-12)25-11-19(23)24-10-18(22)21-16-6-4-5-15(20)14(16)3/h4-9H,10-11H2,1-3H3,(H,21,22). The summed E-state index contributed by atoms with van der Waals surface area (Å²) < 4.78 is 5.03. The van der Waals surface area contributed by atoms with Gasteiger partial charge in [-0.3, -0.25) is 9.59 Å². The van der Waals surface area contributed by atoms with Gasteiger partial charge in [0, 0.05) is 15.6 Å². The van der Waals surface area contributed by atoms with Gasteiger partial charge in [0.25, 0.3) is 5.91 Å². The number of esters is 1. The van der Waals surface area contributed by atoms with Crippen molar-refractivity contribution >= 4 is 40.9 Å². The molecule has 6 heteroatoms. The highest BCUT2D eigenvalue weighted by atomic mass is 35.5. The molecule has 0 saturated carbocycles. The summed E-state index contributed by atoms with van der Waals surface area (Å²) in [4.78, 5) is 24.8. The number of thioether (sulfide) groups is 1. The number of amides is 1. The van der Waals surface area contributed by atoms with Crippen molar-refractivity contribution in [3.05, 3.63) is 58.1 Å². The quantitative estimate of drug-likeness (QED) is 0.593. The fourth-order valence-electron chi connectivity index (χ4n) is 2.21. The second kappa shape index (κ2) is 8.92. The number of hydrogen-bond donors (Lipinski definition) is 1. The highest BCUT2D eigenvalue weighted by molar-refractivity contribution is 8.00. The van der Waals surface area contributed by atoms with Gasteiger partial charge < -0.3 is 10.1 Å². The van der Waals surface area contributed by atoms with Crippen LogP contribution in [0.4, 0.5) is 5.69 Å². The third-order valence-corrected chi connectivity index (χ3v) is 5.14. The summed E-state index contributed by atoms with van der Waals surface area (Å²) in [5, 5.41) is 3.26. The zero-order valence-corrected chi connectivity index (χ0v) is 16.0. The normalized spacial score (nSPS) is 10.4. The molecule has 0 fully saturated rings. The Bertz CT molecular complexity index is 792. The Labute approximate surface area is 156 Å². The number of carbonyl (C=O) groups is 2. The second-order valence-electron chi connectivity index (χ2n) is 5.68. The maximum Gasteiger partial charge on any atom is 0.316 e. The molecule has 0 heterocycles. The van der Waals surface area contributed by atoms with E-state index in [-0.39, 0.29) is 12.4 Å². The van der Waals surface area contributed by atoms with Gasteiger partial charge in [-0.15, -0.1) is 11.8 Å². The summed E-state index contributed by atoms with van der Waals surface area (Å²) in [7, 11) is 0. The van der Waals surface area contributed by atoms with Crippen molar-refractivity contribution < 1.29 is 14.3 Å². The average Bonchev–Trinajstić information content (AvgIpc) is 2.56. The van der Waals surface area contributed by atoms with Gasteiger partial charge in [-0.05, 0) is 50.1 Å². The molecule has 25 heavy (non-hydrogen) atoms. The van der Waals surface area contributed by atoms with Gasteiger partial charge in [-0.2, -0.15) is 0 Å². The molecule has 1 N–H and O–H groups in total. The molecule has 0 spiro atoms. The molecule has 0 saturated heterocycles. The predicted octanol–water partition coefficient (Wildman–Crippen LogP) is 4.54. The number of hydrogen-bond acceptors (Lipinski definition) is 4. The largest absolute Gasteiger partial charge is 0.455 e. The maximum atomic E-state index is 11.9. The molecule has 0 radical (unpaired) electrons. The van der Waals surface area contributed by atoms with Crippen LogP contribution in [0.5, 0.6) is 0 Å². The molecule has 0 unspecified atom stereocenters. The monoisotopic (exact) mass is 377 g/mol. The lowest BCUT2D eigenvalue weighted by molar-refractivity contribution is -0.144. The summed E-state index contributed by atoms with van der Waals surface area (Å²) in [5.74, 6) is -0.661. The van der Waals surface area contributed by atoms with Crippen LogP contribution in [0.2, 0.25) is 5.02 Å². The molecular formula is C19H20ClNO3S. The summed E-state index contributed by atoms with van der Waals surface area (Å²) in [6, 6.07) is 11.3. The topological polar surface area (TPSA) is 55.4 Å². The molecule has 132 valence electrons. The average molecular weight is 378 g/mol. The van der Waals surface area contributed by atoms with Gasteiger partial charge in [0.05, 0.1) is 5.75 Å². The lowest BCUT2D eigenvalue weighted by atomic mass is 10.2. The van der Waals surface area contributed by atoms with Gasteiger partial charge in [-0.25, -0.2) is 0 Å². The van der Waals surface area contributed by atoms with Crippen molar-refractivity contribution in [2.75, 3.05) is 17.7 Å². The summed E-state index contributed by atoms with van der Waals surface area (Å²) in [5.41, 5.74) is 3.68. The molecule has 0 bridgehead atoms. The first-order chi connectivity index (χ1) is 11.9. The molecule has 0 aliphatic carbocycles. The van der Waals surface area contributed by atoms with Gasteiger partial charge in [0.2, 0.25) is 0 Å². The van der Waals surface area contributed by atoms with E-state index in [9.17, 15) is 9.59 Å². The molecule has 0 aliphatic rings. The second-order valence-corrected chi connectivity index (χ2v) is 7.10. The number of aryl methyl sites for hydroxylation is 2.